The average Bonchev–Trinajstić information content (AvgIpc) is 3.12. The normalized spacial score (nSPS) is 20.2. The molecule has 1 saturated heterocycles. The lowest BCUT2D eigenvalue weighted by molar-refractivity contribution is -0.132. The Bertz CT molecular complexity index is 894. The van der Waals surface area contributed by atoms with Gasteiger partial charge in [0, 0.05) is 37.7 Å². The van der Waals surface area contributed by atoms with Crippen molar-refractivity contribution in [1.82, 2.24) is 24.6 Å². The molecule has 0 radical (unpaired) electrons. The Morgan fingerprint density at radius 2 is 2.16 bits per heavy atom. The number of aromatic nitrogens is 4. The number of carbonyl (C=O) groups excluding carboxylic acids is 1. The summed E-state index contributed by atoms with van der Waals surface area (Å²) in [5.41, 5.74) is -0.959. The molecule has 4 rings (SSSR count). The van der Waals surface area contributed by atoms with Crippen LogP contribution in [0.25, 0.3) is 0 Å². The third-order valence-corrected chi connectivity index (χ3v) is 4.72. The predicted octanol–water partition coefficient (Wildman–Crippen LogP) is 0.551. The second-order valence-corrected chi connectivity index (χ2v) is 6.56. The first-order valence-corrected chi connectivity index (χ1v) is 8.54. The number of nitrogens with one attached hydrogen (secondary N) is 1. The Kier molecular flexibility index (Phi) is 3.98. The summed E-state index contributed by atoms with van der Waals surface area (Å²) in [6.45, 7) is 0.861. The van der Waals surface area contributed by atoms with Crippen molar-refractivity contribution < 1.29 is 9.32 Å². The van der Waals surface area contributed by atoms with Crippen LogP contribution in [-0.4, -0.2) is 37.0 Å². The van der Waals surface area contributed by atoms with E-state index in [-0.39, 0.29) is 24.9 Å². The summed E-state index contributed by atoms with van der Waals surface area (Å²) >= 11 is 0. The van der Waals surface area contributed by atoms with Gasteiger partial charge < -0.3 is 14.0 Å². The maximum atomic E-state index is 12.6. The molecule has 0 spiro atoms. The second-order valence-electron chi connectivity index (χ2n) is 6.56. The van der Waals surface area contributed by atoms with E-state index in [9.17, 15) is 14.4 Å². The lowest BCUT2D eigenvalue weighted by Crippen LogP contribution is -2.34. The molecule has 1 unspecified atom stereocenters. The number of aromatic amines is 1. The van der Waals surface area contributed by atoms with Gasteiger partial charge in [-0.25, -0.2) is 4.79 Å². The van der Waals surface area contributed by atoms with Crippen molar-refractivity contribution in [1.29, 1.82) is 0 Å². The number of amides is 1. The zero-order chi connectivity index (χ0) is 17.4. The molecule has 9 heteroatoms. The van der Waals surface area contributed by atoms with Gasteiger partial charge >= 0.3 is 5.69 Å². The fraction of sp³-hybridized carbons (Fsp3) is 0.562. The number of likely N-dealkylation sites (tertiary alicyclic amines) is 1. The molecule has 3 heterocycles. The van der Waals surface area contributed by atoms with Crippen LogP contribution in [0.1, 0.15) is 55.8 Å². The molecular formula is C16H19N5O4. The third-order valence-electron chi connectivity index (χ3n) is 4.72. The zero-order valence-corrected chi connectivity index (χ0v) is 13.7. The van der Waals surface area contributed by atoms with E-state index in [0.717, 1.165) is 31.5 Å². The smallest absolute Gasteiger partial charge is 0.328 e. The molecule has 2 aliphatic rings. The number of carbonyl (C=O) groups is 1. The van der Waals surface area contributed by atoms with Gasteiger partial charge in [0.1, 0.15) is 6.04 Å². The van der Waals surface area contributed by atoms with E-state index in [2.05, 4.69) is 15.1 Å². The van der Waals surface area contributed by atoms with E-state index in [1.165, 1.54) is 16.8 Å². The van der Waals surface area contributed by atoms with Crippen LogP contribution in [0, 0.1) is 0 Å². The molecule has 2 aromatic rings. The van der Waals surface area contributed by atoms with Crippen LogP contribution in [0.3, 0.4) is 0 Å². The highest BCUT2D eigenvalue weighted by atomic mass is 16.5. The first kappa shape index (κ1) is 15.8. The van der Waals surface area contributed by atoms with E-state index >= 15 is 0 Å². The Morgan fingerprint density at radius 1 is 1.32 bits per heavy atom. The summed E-state index contributed by atoms with van der Waals surface area (Å²) < 4.78 is 6.70. The Morgan fingerprint density at radius 3 is 2.92 bits per heavy atom. The summed E-state index contributed by atoms with van der Waals surface area (Å²) in [7, 11) is 0. The minimum absolute atomic E-state index is 0.0632. The van der Waals surface area contributed by atoms with Crippen LogP contribution in [-0.2, 0) is 11.3 Å². The van der Waals surface area contributed by atoms with E-state index in [1.807, 2.05) is 0 Å². The van der Waals surface area contributed by atoms with Crippen molar-refractivity contribution in [3.05, 3.63) is 44.8 Å². The van der Waals surface area contributed by atoms with Crippen LogP contribution in [0.4, 0.5) is 0 Å². The number of rotatable bonds is 5. The molecule has 1 saturated carbocycles. The summed E-state index contributed by atoms with van der Waals surface area (Å²) in [4.78, 5) is 43.7. The number of hydrogen-bond acceptors (Lipinski definition) is 6. The van der Waals surface area contributed by atoms with Crippen molar-refractivity contribution in [2.45, 2.75) is 50.6 Å². The second kappa shape index (κ2) is 6.30. The van der Waals surface area contributed by atoms with Crippen molar-refractivity contribution in [3.8, 4) is 0 Å². The molecule has 2 fully saturated rings. The minimum atomic E-state index is -0.510. The van der Waals surface area contributed by atoms with Crippen molar-refractivity contribution in [2.24, 2.45) is 0 Å². The van der Waals surface area contributed by atoms with Gasteiger partial charge in [0.15, 0.2) is 5.82 Å². The molecule has 1 aliphatic carbocycles. The molecule has 1 amide bonds. The van der Waals surface area contributed by atoms with Gasteiger partial charge in [-0.05, 0) is 25.7 Å². The molecule has 1 atom stereocenters. The highest BCUT2D eigenvalue weighted by Crippen LogP contribution is 2.39. The SMILES string of the molecule is O=C(CCn1ccc(=O)[nH]c1=O)N1CCCC1c1nc(C2CC2)no1. The van der Waals surface area contributed by atoms with Gasteiger partial charge in [-0.3, -0.25) is 14.6 Å². The van der Waals surface area contributed by atoms with Crippen LogP contribution < -0.4 is 11.2 Å². The number of aryl methyl sites for hydroxylation is 1. The summed E-state index contributed by atoms with van der Waals surface area (Å²) in [5, 5.41) is 4.03. The fourth-order valence-electron chi connectivity index (χ4n) is 3.19. The Balaban J connectivity index is 1.43. The summed E-state index contributed by atoms with van der Waals surface area (Å²) in [6, 6.07) is 1.09. The molecule has 1 N–H and O–H groups in total. The number of H-pyrrole nitrogens is 1. The molecule has 0 bridgehead atoms. The standard InChI is InChI=1S/C16H19N5O4/c22-12-5-8-20(16(24)17-12)9-6-13(23)21-7-1-2-11(21)15-18-14(19-25-15)10-3-4-10/h5,8,10-11H,1-4,6-7,9H2,(H,17,22,24). The monoisotopic (exact) mass is 345 g/mol. The lowest BCUT2D eigenvalue weighted by atomic mass is 10.2. The maximum absolute atomic E-state index is 12.6. The molecule has 2 aromatic heterocycles. The number of nitrogens with zero attached hydrogens (tertiary/aromatic N) is 4. The van der Waals surface area contributed by atoms with Gasteiger partial charge in [0.25, 0.3) is 5.56 Å². The highest BCUT2D eigenvalue weighted by molar-refractivity contribution is 5.76. The van der Waals surface area contributed by atoms with Crippen molar-refractivity contribution in [3.63, 3.8) is 0 Å². The molecule has 25 heavy (non-hydrogen) atoms. The van der Waals surface area contributed by atoms with Crippen LogP contribution in [0.2, 0.25) is 0 Å². The Hall–Kier alpha value is -2.71. The predicted molar refractivity (Wildman–Crippen MR) is 85.9 cm³/mol. The van der Waals surface area contributed by atoms with E-state index < -0.39 is 11.2 Å². The number of hydrogen-bond donors (Lipinski definition) is 1. The van der Waals surface area contributed by atoms with Crippen LogP contribution in [0.15, 0.2) is 26.4 Å². The van der Waals surface area contributed by atoms with Gasteiger partial charge in [-0.15, -0.1) is 0 Å². The molecule has 1 aliphatic heterocycles. The van der Waals surface area contributed by atoms with Gasteiger partial charge in [-0.2, -0.15) is 4.98 Å². The van der Waals surface area contributed by atoms with E-state index in [4.69, 9.17) is 4.52 Å². The summed E-state index contributed by atoms with van der Waals surface area (Å²) in [5.74, 6) is 1.60. The molecular weight excluding hydrogens is 326 g/mol. The van der Waals surface area contributed by atoms with E-state index in [0.29, 0.717) is 18.4 Å². The largest absolute Gasteiger partial charge is 0.337 e. The quantitative estimate of drug-likeness (QED) is 0.846. The maximum Gasteiger partial charge on any atom is 0.328 e. The minimum Gasteiger partial charge on any atom is -0.337 e. The Labute approximate surface area is 142 Å². The van der Waals surface area contributed by atoms with Crippen molar-refractivity contribution in [2.75, 3.05) is 6.54 Å². The zero-order valence-electron chi connectivity index (χ0n) is 13.7. The van der Waals surface area contributed by atoms with E-state index in [1.54, 1.807) is 4.90 Å². The molecule has 0 aromatic carbocycles. The average molecular weight is 345 g/mol. The lowest BCUT2D eigenvalue weighted by Gasteiger charge is -2.22. The van der Waals surface area contributed by atoms with Crippen LogP contribution >= 0.6 is 0 Å². The van der Waals surface area contributed by atoms with Crippen LogP contribution in [0.5, 0.6) is 0 Å². The highest BCUT2D eigenvalue weighted by Gasteiger charge is 2.36. The molecule has 132 valence electrons. The van der Waals surface area contributed by atoms with Gasteiger partial charge in [0.05, 0.1) is 0 Å². The third kappa shape index (κ3) is 3.26. The first-order chi connectivity index (χ1) is 12.1. The topological polar surface area (TPSA) is 114 Å². The molecule has 9 nitrogen and oxygen atoms in total. The van der Waals surface area contributed by atoms with Gasteiger partial charge in [0.2, 0.25) is 11.8 Å². The fourth-order valence-corrected chi connectivity index (χ4v) is 3.19. The summed E-state index contributed by atoms with van der Waals surface area (Å²) in [6.07, 6.45) is 5.45. The van der Waals surface area contributed by atoms with Gasteiger partial charge in [-0.1, -0.05) is 5.16 Å². The van der Waals surface area contributed by atoms with Crippen molar-refractivity contribution >= 4 is 5.91 Å². The first-order valence-electron chi connectivity index (χ1n) is 8.54.